The third-order valence-corrected chi connectivity index (χ3v) is 2.66. The highest BCUT2D eigenvalue weighted by Gasteiger charge is 2.04. The lowest BCUT2D eigenvalue weighted by Crippen LogP contribution is -2.33. The third kappa shape index (κ3) is 5.48. The first-order valence-corrected chi connectivity index (χ1v) is 6.23. The van der Waals surface area contributed by atoms with Gasteiger partial charge in [0.05, 0.1) is 6.61 Å². The first-order chi connectivity index (χ1) is 8.13. The molecule has 0 fully saturated rings. The molecular weight excluding hydrogens is 289 g/mol. The number of halogens is 2. The van der Waals surface area contributed by atoms with E-state index < -0.39 is 0 Å². The summed E-state index contributed by atoms with van der Waals surface area (Å²) in [5, 5.41) is 3.20. The number of methoxy groups -OCH3 is 1. The molecule has 1 atom stereocenters. The fourth-order valence-corrected chi connectivity index (χ4v) is 1.70. The summed E-state index contributed by atoms with van der Waals surface area (Å²) in [6.45, 7) is 3.74. The molecule has 0 heterocycles. The molecule has 1 aromatic carbocycles. The Morgan fingerprint density at radius 2 is 2.24 bits per heavy atom. The highest BCUT2D eigenvalue weighted by atomic mass is 79.9. The number of benzene rings is 1. The minimum Gasteiger partial charge on any atom is -0.489 e. The molecule has 0 aliphatic carbocycles. The molecular formula is C12H17BrFNO2. The summed E-state index contributed by atoms with van der Waals surface area (Å²) in [7, 11) is 1.66. The molecule has 17 heavy (non-hydrogen) atoms. The topological polar surface area (TPSA) is 30.5 Å². The summed E-state index contributed by atoms with van der Waals surface area (Å²) in [5.74, 6) is -0.0845. The zero-order chi connectivity index (χ0) is 12.7. The average Bonchev–Trinajstić information content (AvgIpc) is 2.27. The van der Waals surface area contributed by atoms with Gasteiger partial charge in [0, 0.05) is 24.2 Å². The number of hydrogen-bond donors (Lipinski definition) is 1. The molecule has 0 aromatic heterocycles. The van der Waals surface area contributed by atoms with Gasteiger partial charge >= 0.3 is 0 Å². The Kier molecular flexibility index (Phi) is 6.47. The van der Waals surface area contributed by atoms with E-state index in [1.807, 2.05) is 6.92 Å². The van der Waals surface area contributed by atoms with Crippen LogP contribution in [0.5, 0.6) is 5.75 Å². The molecule has 1 aromatic rings. The quantitative estimate of drug-likeness (QED) is 0.786. The second-order valence-corrected chi connectivity index (χ2v) is 4.65. The molecule has 0 aliphatic heterocycles. The normalized spacial score (nSPS) is 12.5. The Balaban J connectivity index is 2.26. The Hall–Kier alpha value is -0.650. The monoisotopic (exact) mass is 305 g/mol. The van der Waals surface area contributed by atoms with Crippen molar-refractivity contribution in [1.29, 1.82) is 0 Å². The molecule has 1 unspecified atom stereocenters. The van der Waals surface area contributed by atoms with Crippen LogP contribution in [0.4, 0.5) is 4.39 Å². The van der Waals surface area contributed by atoms with Crippen molar-refractivity contribution in [2.75, 3.05) is 26.9 Å². The lowest BCUT2D eigenvalue weighted by Gasteiger charge is -2.13. The van der Waals surface area contributed by atoms with Gasteiger partial charge in [-0.1, -0.05) is 15.9 Å². The molecule has 96 valence electrons. The van der Waals surface area contributed by atoms with Crippen LogP contribution in [-0.2, 0) is 4.74 Å². The molecule has 0 amide bonds. The molecule has 1 rings (SSSR count). The van der Waals surface area contributed by atoms with E-state index in [2.05, 4.69) is 21.2 Å². The summed E-state index contributed by atoms with van der Waals surface area (Å²) in [5.41, 5.74) is 0. The van der Waals surface area contributed by atoms with Crippen molar-refractivity contribution < 1.29 is 13.9 Å². The van der Waals surface area contributed by atoms with Crippen LogP contribution in [0, 0.1) is 5.82 Å². The predicted octanol–water partition coefficient (Wildman–Crippen LogP) is 2.59. The van der Waals surface area contributed by atoms with Crippen molar-refractivity contribution in [2.45, 2.75) is 13.0 Å². The lowest BCUT2D eigenvalue weighted by atomic mass is 10.3. The summed E-state index contributed by atoms with van der Waals surface area (Å²) in [4.78, 5) is 0. The van der Waals surface area contributed by atoms with Crippen LogP contribution in [0.3, 0.4) is 0 Å². The second-order valence-electron chi connectivity index (χ2n) is 3.73. The first-order valence-electron chi connectivity index (χ1n) is 5.43. The fourth-order valence-electron chi connectivity index (χ4n) is 1.37. The Bertz CT molecular complexity index is 349. The number of nitrogens with one attached hydrogen (secondary N) is 1. The van der Waals surface area contributed by atoms with E-state index in [0.29, 0.717) is 24.2 Å². The van der Waals surface area contributed by atoms with Gasteiger partial charge in [0.1, 0.15) is 6.61 Å². The Labute approximate surface area is 109 Å². The maximum Gasteiger partial charge on any atom is 0.166 e. The van der Waals surface area contributed by atoms with Crippen LogP contribution in [0.1, 0.15) is 6.92 Å². The zero-order valence-corrected chi connectivity index (χ0v) is 11.6. The van der Waals surface area contributed by atoms with Gasteiger partial charge in [-0.3, -0.25) is 0 Å². The third-order valence-electron chi connectivity index (χ3n) is 2.16. The number of ether oxygens (including phenoxy) is 2. The predicted molar refractivity (Wildman–Crippen MR) is 68.9 cm³/mol. The van der Waals surface area contributed by atoms with Gasteiger partial charge in [-0.05, 0) is 25.1 Å². The van der Waals surface area contributed by atoms with Gasteiger partial charge in [0.2, 0.25) is 0 Å². The van der Waals surface area contributed by atoms with Crippen LogP contribution in [0.25, 0.3) is 0 Å². The number of rotatable bonds is 7. The molecule has 0 radical (unpaired) electrons. The van der Waals surface area contributed by atoms with Crippen LogP contribution < -0.4 is 10.1 Å². The standard InChI is InChI=1S/C12H17BrFNO2/c1-9(8-16-2)15-5-6-17-12-4-3-10(13)7-11(12)14/h3-4,7,9,15H,5-6,8H2,1-2H3. The van der Waals surface area contributed by atoms with Gasteiger partial charge in [0.15, 0.2) is 11.6 Å². The van der Waals surface area contributed by atoms with Crippen LogP contribution >= 0.6 is 15.9 Å². The van der Waals surface area contributed by atoms with E-state index in [1.165, 1.54) is 6.07 Å². The SMILES string of the molecule is COCC(C)NCCOc1ccc(Br)cc1F. The smallest absolute Gasteiger partial charge is 0.166 e. The van der Waals surface area contributed by atoms with Gasteiger partial charge in [-0.2, -0.15) is 0 Å². The zero-order valence-electron chi connectivity index (χ0n) is 10.0. The van der Waals surface area contributed by atoms with E-state index in [9.17, 15) is 4.39 Å². The van der Waals surface area contributed by atoms with Crippen molar-refractivity contribution in [3.63, 3.8) is 0 Å². The maximum atomic E-state index is 13.4. The number of hydrogen-bond acceptors (Lipinski definition) is 3. The molecule has 0 aliphatic rings. The van der Waals surface area contributed by atoms with Crippen molar-refractivity contribution in [3.8, 4) is 5.75 Å². The van der Waals surface area contributed by atoms with Crippen molar-refractivity contribution in [1.82, 2.24) is 5.32 Å². The molecule has 3 nitrogen and oxygen atoms in total. The van der Waals surface area contributed by atoms with Gasteiger partial charge in [-0.15, -0.1) is 0 Å². The largest absolute Gasteiger partial charge is 0.489 e. The van der Waals surface area contributed by atoms with E-state index >= 15 is 0 Å². The minimum absolute atomic E-state index is 0.262. The summed E-state index contributed by atoms with van der Waals surface area (Å²) < 4.78 is 24.4. The highest BCUT2D eigenvalue weighted by Crippen LogP contribution is 2.21. The molecule has 0 bridgehead atoms. The molecule has 0 saturated heterocycles. The average molecular weight is 306 g/mol. The van der Waals surface area contributed by atoms with Gasteiger partial charge in [0.25, 0.3) is 0 Å². The second kappa shape index (κ2) is 7.63. The molecule has 5 heteroatoms. The Morgan fingerprint density at radius 1 is 1.47 bits per heavy atom. The summed E-state index contributed by atoms with van der Waals surface area (Å²) in [6, 6.07) is 5.01. The van der Waals surface area contributed by atoms with E-state index in [4.69, 9.17) is 9.47 Å². The van der Waals surface area contributed by atoms with Gasteiger partial charge in [-0.25, -0.2) is 4.39 Å². The Morgan fingerprint density at radius 3 is 2.88 bits per heavy atom. The molecule has 0 saturated carbocycles. The van der Waals surface area contributed by atoms with E-state index in [1.54, 1.807) is 19.2 Å². The van der Waals surface area contributed by atoms with Gasteiger partial charge < -0.3 is 14.8 Å². The van der Waals surface area contributed by atoms with Crippen molar-refractivity contribution in [2.24, 2.45) is 0 Å². The summed E-state index contributed by atoms with van der Waals surface area (Å²) >= 11 is 3.19. The van der Waals surface area contributed by atoms with Crippen molar-refractivity contribution in [3.05, 3.63) is 28.5 Å². The maximum absolute atomic E-state index is 13.4. The van der Waals surface area contributed by atoms with E-state index in [-0.39, 0.29) is 17.6 Å². The van der Waals surface area contributed by atoms with Crippen LogP contribution in [0.15, 0.2) is 22.7 Å². The fraction of sp³-hybridized carbons (Fsp3) is 0.500. The van der Waals surface area contributed by atoms with Crippen LogP contribution in [-0.4, -0.2) is 32.9 Å². The van der Waals surface area contributed by atoms with E-state index in [0.717, 1.165) is 0 Å². The first kappa shape index (κ1) is 14.4. The highest BCUT2D eigenvalue weighted by molar-refractivity contribution is 9.10. The summed E-state index contributed by atoms with van der Waals surface area (Å²) in [6.07, 6.45) is 0. The van der Waals surface area contributed by atoms with Crippen molar-refractivity contribution >= 4 is 15.9 Å². The molecule has 1 N–H and O–H groups in total. The minimum atomic E-state index is -0.357. The lowest BCUT2D eigenvalue weighted by molar-refractivity contribution is 0.168. The molecule has 0 spiro atoms. The van der Waals surface area contributed by atoms with Crippen LogP contribution in [0.2, 0.25) is 0 Å².